The summed E-state index contributed by atoms with van der Waals surface area (Å²) in [5, 5.41) is 0. The molecule has 1 unspecified atom stereocenters. The first-order chi connectivity index (χ1) is 13.0. The van der Waals surface area contributed by atoms with Crippen LogP contribution in [0.4, 0.5) is 0 Å². The molecule has 1 aromatic carbocycles. The highest BCUT2D eigenvalue weighted by Crippen LogP contribution is 2.23. The number of hydrazine groups is 1. The van der Waals surface area contributed by atoms with Gasteiger partial charge in [-0.25, -0.2) is 0 Å². The van der Waals surface area contributed by atoms with E-state index in [1.807, 2.05) is 19.1 Å². The molecule has 2 rings (SSSR count). The Labute approximate surface area is 171 Å². The van der Waals surface area contributed by atoms with Crippen LogP contribution in [0.2, 0.25) is 0 Å². The van der Waals surface area contributed by atoms with Gasteiger partial charge in [0, 0.05) is 11.3 Å². The van der Waals surface area contributed by atoms with Gasteiger partial charge in [-0.05, 0) is 79.0 Å². The molecule has 0 saturated heterocycles. The number of thiophene rings is 1. The quantitative estimate of drug-likeness (QED) is 0.564. The number of carbonyl (C=O) groups is 2. The lowest BCUT2D eigenvalue weighted by Gasteiger charge is -2.15. The van der Waals surface area contributed by atoms with Gasteiger partial charge in [-0.2, -0.15) is 0 Å². The van der Waals surface area contributed by atoms with Gasteiger partial charge in [-0.3, -0.25) is 20.4 Å². The second kappa shape index (κ2) is 10.9. The molecule has 0 aliphatic carbocycles. The summed E-state index contributed by atoms with van der Waals surface area (Å²) in [4.78, 5) is 25.1. The lowest BCUT2D eigenvalue weighted by molar-refractivity contribution is -0.132. The summed E-state index contributed by atoms with van der Waals surface area (Å²) in [6, 6.07) is 11.0. The Kier molecular flexibility index (Phi) is 8.60. The molecular weight excluding hydrogens is 432 g/mol. The topological polar surface area (TPSA) is 76.7 Å². The molecule has 0 saturated carbocycles. The van der Waals surface area contributed by atoms with Gasteiger partial charge in [0.1, 0.15) is 11.5 Å². The summed E-state index contributed by atoms with van der Waals surface area (Å²) in [5.41, 5.74) is 4.82. The van der Waals surface area contributed by atoms with E-state index in [1.165, 1.54) is 4.88 Å². The van der Waals surface area contributed by atoms with Crippen LogP contribution in [0.1, 0.15) is 31.6 Å². The van der Waals surface area contributed by atoms with Crippen molar-refractivity contribution < 1.29 is 19.1 Å². The van der Waals surface area contributed by atoms with Crippen LogP contribution in [0.25, 0.3) is 0 Å². The first kappa shape index (κ1) is 21.2. The van der Waals surface area contributed by atoms with Gasteiger partial charge in [0.2, 0.25) is 5.91 Å². The molecule has 2 amide bonds. The van der Waals surface area contributed by atoms with E-state index in [-0.39, 0.29) is 5.91 Å². The van der Waals surface area contributed by atoms with E-state index in [0.29, 0.717) is 25.2 Å². The molecule has 1 atom stereocenters. The minimum absolute atomic E-state index is 0.229. The van der Waals surface area contributed by atoms with Crippen LogP contribution in [-0.2, 0) is 16.0 Å². The third kappa shape index (κ3) is 7.60. The van der Waals surface area contributed by atoms with Crippen molar-refractivity contribution in [2.24, 2.45) is 0 Å². The molecular formula is C19H23BrN2O4S. The maximum Gasteiger partial charge on any atom is 0.279 e. The van der Waals surface area contributed by atoms with Crippen LogP contribution in [0.5, 0.6) is 11.5 Å². The Morgan fingerprint density at radius 3 is 2.44 bits per heavy atom. The molecule has 6 nitrogen and oxygen atoms in total. The number of hydrogen-bond acceptors (Lipinski definition) is 5. The Hall–Kier alpha value is -2.06. The number of hydrogen-bond donors (Lipinski definition) is 2. The van der Waals surface area contributed by atoms with E-state index in [4.69, 9.17) is 9.47 Å². The molecule has 2 N–H and O–H groups in total. The van der Waals surface area contributed by atoms with Gasteiger partial charge in [0.05, 0.1) is 10.4 Å². The van der Waals surface area contributed by atoms with Crippen LogP contribution >= 0.6 is 27.3 Å². The predicted molar refractivity (Wildman–Crippen MR) is 109 cm³/mol. The fourth-order valence-electron chi connectivity index (χ4n) is 2.24. The average molecular weight is 455 g/mol. The van der Waals surface area contributed by atoms with E-state index in [1.54, 1.807) is 42.5 Å². The van der Waals surface area contributed by atoms with Crippen LogP contribution in [0.15, 0.2) is 40.2 Å². The van der Waals surface area contributed by atoms with Crippen LogP contribution in [0, 0.1) is 0 Å². The van der Waals surface area contributed by atoms with Gasteiger partial charge in [-0.15, -0.1) is 11.3 Å². The maximum absolute atomic E-state index is 12.0. The number of amides is 2. The van der Waals surface area contributed by atoms with Crippen molar-refractivity contribution in [1.82, 2.24) is 10.9 Å². The standard InChI is InChI=1S/C19H23BrN2O4S/c1-3-25-14-7-9-15(10-8-14)26-13(2)19(24)22-21-18(23)6-4-5-16-11-12-17(20)27-16/h7-13H,3-6H2,1-2H3,(H,21,23)(H,22,24). The van der Waals surface area contributed by atoms with Gasteiger partial charge < -0.3 is 9.47 Å². The molecule has 1 aromatic heterocycles. The van der Waals surface area contributed by atoms with Gasteiger partial charge >= 0.3 is 0 Å². The molecule has 0 spiro atoms. The largest absolute Gasteiger partial charge is 0.494 e. The summed E-state index contributed by atoms with van der Waals surface area (Å²) in [6.07, 6.45) is 1.14. The molecule has 0 aliphatic rings. The predicted octanol–water partition coefficient (Wildman–Crippen LogP) is 3.85. The van der Waals surface area contributed by atoms with Crippen molar-refractivity contribution in [3.05, 3.63) is 45.1 Å². The van der Waals surface area contributed by atoms with E-state index in [0.717, 1.165) is 16.0 Å². The number of ether oxygens (including phenoxy) is 2. The van der Waals surface area contributed by atoms with Crippen LogP contribution in [-0.4, -0.2) is 24.5 Å². The first-order valence-electron chi connectivity index (χ1n) is 8.70. The highest BCUT2D eigenvalue weighted by molar-refractivity contribution is 9.11. The number of aryl methyl sites for hydroxylation is 1. The Balaban J connectivity index is 1.66. The smallest absolute Gasteiger partial charge is 0.279 e. The number of benzene rings is 1. The van der Waals surface area contributed by atoms with Gasteiger partial charge in [0.25, 0.3) is 5.91 Å². The SMILES string of the molecule is CCOc1ccc(OC(C)C(=O)NNC(=O)CCCc2ccc(Br)s2)cc1. The number of rotatable bonds is 9. The molecule has 0 radical (unpaired) electrons. The third-order valence-electron chi connectivity index (χ3n) is 3.60. The summed E-state index contributed by atoms with van der Waals surface area (Å²) in [6.45, 7) is 4.11. The second-order valence-electron chi connectivity index (χ2n) is 5.76. The van der Waals surface area contributed by atoms with Crippen LogP contribution in [0.3, 0.4) is 0 Å². The molecule has 8 heteroatoms. The zero-order valence-corrected chi connectivity index (χ0v) is 17.7. The average Bonchev–Trinajstić information content (AvgIpc) is 3.06. The zero-order chi connectivity index (χ0) is 19.6. The third-order valence-corrected chi connectivity index (χ3v) is 5.28. The summed E-state index contributed by atoms with van der Waals surface area (Å²) in [5.74, 6) is 0.644. The van der Waals surface area contributed by atoms with Crippen molar-refractivity contribution in [3.8, 4) is 11.5 Å². The second-order valence-corrected chi connectivity index (χ2v) is 8.31. The highest BCUT2D eigenvalue weighted by Gasteiger charge is 2.15. The lowest BCUT2D eigenvalue weighted by atomic mass is 10.2. The fraction of sp³-hybridized carbons (Fsp3) is 0.368. The Morgan fingerprint density at radius 1 is 1.11 bits per heavy atom. The molecule has 2 aromatic rings. The number of carbonyl (C=O) groups excluding carboxylic acids is 2. The molecule has 27 heavy (non-hydrogen) atoms. The lowest BCUT2D eigenvalue weighted by Crippen LogP contribution is -2.47. The molecule has 0 aliphatic heterocycles. The fourth-order valence-corrected chi connectivity index (χ4v) is 3.77. The van der Waals surface area contributed by atoms with Crippen molar-refractivity contribution in [2.75, 3.05) is 6.61 Å². The van der Waals surface area contributed by atoms with E-state index in [2.05, 4.69) is 26.8 Å². The minimum Gasteiger partial charge on any atom is -0.494 e. The molecule has 146 valence electrons. The monoisotopic (exact) mass is 454 g/mol. The maximum atomic E-state index is 12.0. The summed E-state index contributed by atoms with van der Waals surface area (Å²) in [7, 11) is 0. The van der Waals surface area contributed by atoms with Crippen molar-refractivity contribution in [1.29, 1.82) is 0 Å². The number of halogens is 1. The Morgan fingerprint density at radius 2 is 1.81 bits per heavy atom. The number of nitrogens with one attached hydrogen (secondary N) is 2. The normalized spacial score (nSPS) is 11.5. The van der Waals surface area contributed by atoms with E-state index >= 15 is 0 Å². The van der Waals surface area contributed by atoms with Crippen molar-refractivity contribution in [2.45, 2.75) is 39.2 Å². The molecule has 0 bridgehead atoms. The Bertz CT molecular complexity index is 748. The minimum atomic E-state index is -0.744. The van der Waals surface area contributed by atoms with E-state index in [9.17, 15) is 9.59 Å². The highest BCUT2D eigenvalue weighted by atomic mass is 79.9. The molecule has 0 fully saturated rings. The van der Waals surface area contributed by atoms with Gasteiger partial charge in [0.15, 0.2) is 6.10 Å². The molecule has 1 heterocycles. The summed E-state index contributed by atoms with van der Waals surface area (Å²) >= 11 is 5.07. The summed E-state index contributed by atoms with van der Waals surface area (Å²) < 4.78 is 12.0. The van der Waals surface area contributed by atoms with Crippen molar-refractivity contribution in [3.63, 3.8) is 0 Å². The first-order valence-corrected chi connectivity index (χ1v) is 10.3. The van der Waals surface area contributed by atoms with Crippen molar-refractivity contribution >= 4 is 39.1 Å². The van der Waals surface area contributed by atoms with Gasteiger partial charge in [-0.1, -0.05) is 0 Å². The van der Waals surface area contributed by atoms with Crippen LogP contribution < -0.4 is 20.3 Å². The van der Waals surface area contributed by atoms with E-state index < -0.39 is 12.0 Å². The zero-order valence-electron chi connectivity index (χ0n) is 15.3.